The molecule has 0 saturated heterocycles. The number of rotatable bonds is 8. The summed E-state index contributed by atoms with van der Waals surface area (Å²) in [4.78, 5) is 41.3. The third-order valence-corrected chi connectivity index (χ3v) is 4.95. The molecule has 2 aromatic carbocycles. The number of carbonyl (C=O) groups is 2. The van der Waals surface area contributed by atoms with Crippen molar-refractivity contribution in [2.45, 2.75) is 20.0 Å². The Balaban J connectivity index is 1.46. The highest BCUT2D eigenvalue weighted by atomic mass is 16.5. The number of benzene rings is 2. The van der Waals surface area contributed by atoms with E-state index in [9.17, 15) is 14.4 Å². The van der Waals surface area contributed by atoms with Gasteiger partial charge < -0.3 is 14.8 Å². The second-order valence-electron chi connectivity index (χ2n) is 7.29. The zero-order valence-corrected chi connectivity index (χ0v) is 18.6. The van der Waals surface area contributed by atoms with Crippen molar-refractivity contribution in [1.29, 1.82) is 0 Å². The van der Waals surface area contributed by atoms with Crippen LogP contribution in [0.4, 0.5) is 5.69 Å². The molecule has 0 spiro atoms. The average molecular weight is 462 g/mol. The number of methoxy groups -OCH3 is 1. The van der Waals surface area contributed by atoms with Gasteiger partial charge in [0, 0.05) is 5.69 Å². The molecule has 11 heteroatoms. The van der Waals surface area contributed by atoms with E-state index in [1.807, 2.05) is 24.3 Å². The van der Waals surface area contributed by atoms with E-state index >= 15 is 0 Å². The number of nitrogens with one attached hydrogen (secondary N) is 1. The van der Waals surface area contributed by atoms with Crippen LogP contribution >= 0.6 is 0 Å². The predicted octanol–water partition coefficient (Wildman–Crippen LogP) is 1.86. The van der Waals surface area contributed by atoms with Gasteiger partial charge in [0.15, 0.2) is 11.2 Å². The lowest BCUT2D eigenvalue weighted by Gasteiger charge is -2.08. The van der Waals surface area contributed by atoms with Crippen LogP contribution in [0.1, 0.15) is 22.8 Å². The Labute approximate surface area is 193 Å². The van der Waals surface area contributed by atoms with Gasteiger partial charge in [0.1, 0.15) is 18.6 Å². The number of hydrogen-bond donors (Lipinski definition) is 1. The molecule has 0 fully saturated rings. The number of amides is 1. The summed E-state index contributed by atoms with van der Waals surface area (Å²) < 4.78 is 12.8. The van der Waals surface area contributed by atoms with Crippen LogP contribution in [0.25, 0.3) is 11.2 Å². The quantitative estimate of drug-likeness (QED) is 0.393. The van der Waals surface area contributed by atoms with Crippen molar-refractivity contribution < 1.29 is 19.1 Å². The zero-order valence-electron chi connectivity index (χ0n) is 18.6. The van der Waals surface area contributed by atoms with Gasteiger partial charge in [-0.05, 0) is 48.9 Å². The number of ether oxygens (including phenoxy) is 2. The average Bonchev–Trinajstić information content (AvgIpc) is 3.25. The number of carbonyl (C=O) groups excluding carboxylic acids is 2. The molecule has 0 aliphatic heterocycles. The maximum Gasteiger partial charge on any atom is 0.338 e. The van der Waals surface area contributed by atoms with Crippen molar-refractivity contribution in [3.8, 4) is 5.75 Å². The topological polar surface area (TPSA) is 130 Å². The monoisotopic (exact) mass is 462 g/mol. The standard InChI is InChI=1S/C23H22N6O5/c1-3-34-23(32)16-7-9-17(10-8-16)25-19(30)13-28-14-24-21-20(22(28)31)26-27-29(21)12-15-5-4-6-18(11-15)33-2/h4-11,14H,3,12-13H2,1-2H3,(H,25,30). The van der Waals surface area contributed by atoms with Crippen LogP contribution in [-0.4, -0.2) is 50.1 Å². The maximum absolute atomic E-state index is 12.8. The van der Waals surface area contributed by atoms with Crippen LogP contribution in [-0.2, 0) is 22.6 Å². The summed E-state index contributed by atoms with van der Waals surface area (Å²) in [6, 6.07) is 13.7. The van der Waals surface area contributed by atoms with Gasteiger partial charge in [-0.25, -0.2) is 14.5 Å². The first kappa shape index (κ1) is 22.6. The van der Waals surface area contributed by atoms with Gasteiger partial charge in [-0.2, -0.15) is 0 Å². The highest BCUT2D eigenvalue weighted by Crippen LogP contribution is 2.15. The number of fused-ring (bicyclic) bond motifs is 1. The smallest absolute Gasteiger partial charge is 0.338 e. The molecule has 11 nitrogen and oxygen atoms in total. The van der Waals surface area contributed by atoms with Crippen molar-refractivity contribution in [2.24, 2.45) is 0 Å². The van der Waals surface area contributed by atoms with Crippen molar-refractivity contribution in [2.75, 3.05) is 19.0 Å². The van der Waals surface area contributed by atoms with Gasteiger partial charge >= 0.3 is 5.97 Å². The third kappa shape index (κ3) is 4.93. The maximum atomic E-state index is 12.8. The second-order valence-corrected chi connectivity index (χ2v) is 7.29. The Kier molecular flexibility index (Phi) is 6.62. The summed E-state index contributed by atoms with van der Waals surface area (Å²) in [6.07, 6.45) is 1.29. The van der Waals surface area contributed by atoms with Crippen molar-refractivity contribution >= 4 is 28.7 Å². The van der Waals surface area contributed by atoms with E-state index in [0.29, 0.717) is 29.2 Å². The minimum atomic E-state index is -0.477. The number of anilines is 1. The second kappa shape index (κ2) is 9.94. The molecule has 0 saturated carbocycles. The number of nitrogens with zero attached hydrogens (tertiary/aromatic N) is 5. The Hall–Kier alpha value is -4.54. The first-order chi connectivity index (χ1) is 16.5. The van der Waals surface area contributed by atoms with Crippen molar-refractivity contribution in [3.05, 3.63) is 76.3 Å². The van der Waals surface area contributed by atoms with E-state index in [2.05, 4.69) is 20.6 Å². The number of esters is 1. The molecule has 0 radical (unpaired) electrons. The molecule has 0 bridgehead atoms. The van der Waals surface area contributed by atoms with Crippen molar-refractivity contribution in [3.63, 3.8) is 0 Å². The Morgan fingerprint density at radius 2 is 1.91 bits per heavy atom. The minimum Gasteiger partial charge on any atom is -0.497 e. The summed E-state index contributed by atoms with van der Waals surface area (Å²) in [5, 5.41) is 10.7. The lowest BCUT2D eigenvalue weighted by molar-refractivity contribution is -0.116. The van der Waals surface area contributed by atoms with E-state index in [1.54, 1.807) is 38.3 Å². The number of hydrogen-bond acceptors (Lipinski definition) is 8. The van der Waals surface area contributed by atoms with Gasteiger partial charge in [0.25, 0.3) is 5.56 Å². The van der Waals surface area contributed by atoms with E-state index < -0.39 is 17.4 Å². The molecule has 0 aliphatic rings. The van der Waals surface area contributed by atoms with Crippen LogP contribution in [0.2, 0.25) is 0 Å². The van der Waals surface area contributed by atoms with Crippen LogP contribution in [0.5, 0.6) is 5.75 Å². The highest BCUT2D eigenvalue weighted by molar-refractivity contribution is 5.93. The van der Waals surface area contributed by atoms with E-state index in [0.717, 1.165) is 10.1 Å². The molecule has 1 N–H and O–H groups in total. The zero-order chi connectivity index (χ0) is 24.1. The van der Waals surface area contributed by atoms with Gasteiger partial charge in [0.05, 0.1) is 25.8 Å². The summed E-state index contributed by atoms with van der Waals surface area (Å²) in [6.45, 7) is 2.09. The molecule has 4 aromatic rings. The molecule has 2 heterocycles. The largest absolute Gasteiger partial charge is 0.497 e. The Morgan fingerprint density at radius 3 is 2.65 bits per heavy atom. The molecule has 34 heavy (non-hydrogen) atoms. The first-order valence-electron chi connectivity index (χ1n) is 10.5. The summed E-state index contributed by atoms with van der Waals surface area (Å²) >= 11 is 0. The minimum absolute atomic E-state index is 0.0667. The Morgan fingerprint density at radius 1 is 1.12 bits per heavy atom. The lowest BCUT2D eigenvalue weighted by Crippen LogP contribution is -2.28. The van der Waals surface area contributed by atoms with Gasteiger partial charge in [-0.1, -0.05) is 17.3 Å². The van der Waals surface area contributed by atoms with E-state index in [4.69, 9.17) is 9.47 Å². The molecule has 1 amide bonds. The lowest BCUT2D eigenvalue weighted by atomic mass is 10.2. The third-order valence-electron chi connectivity index (χ3n) is 4.95. The normalized spacial score (nSPS) is 10.8. The fourth-order valence-electron chi connectivity index (χ4n) is 3.31. The predicted molar refractivity (Wildman–Crippen MR) is 123 cm³/mol. The van der Waals surface area contributed by atoms with Crippen LogP contribution in [0.3, 0.4) is 0 Å². The molecule has 0 atom stereocenters. The molecule has 174 valence electrons. The Bertz CT molecular complexity index is 1390. The molecular formula is C23H22N6O5. The SMILES string of the molecule is CCOC(=O)c1ccc(NC(=O)Cn2cnc3c(nnn3Cc3cccc(OC)c3)c2=O)cc1. The molecule has 2 aromatic heterocycles. The first-order valence-corrected chi connectivity index (χ1v) is 10.5. The van der Waals surface area contributed by atoms with E-state index in [1.165, 1.54) is 11.0 Å². The van der Waals surface area contributed by atoms with E-state index in [-0.39, 0.29) is 18.7 Å². The summed E-state index contributed by atoms with van der Waals surface area (Å²) in [7, 11) is 1.59. The van der Waals surface area contributed by atoms with Crippen LogP contribution in [0, 0.1) is 0 Å². The summed E-state index contributed by atoms with van der Waals surface area (Å²) in [5.74, 6) is -0.166. The number of aromatic nitrogens is 5. The molecular weight excluding hydrogens is 440 g/mol. The highest BCUT2D eigenvalue weighted by Gasteiger charge is 2.15. The molecule has 4 rings (SSSR count). The van der Waals surface area contributed by atoms with Gasteiger partial charge in [-0.15, -0.1) is 5.10 Å². The summed E-state index contributed by atoms with van der Waals surface area (Å²) in [5.41, 5.74) is 1.67. The fourth-order valence-corrected chi connectivity index (χ4v) is 3.31. The van der Waals surface area contributed by atoms with Crippen LogP contribution < -0.4 is 15.6 Å². The van der Waals surface area contributed by atoms with Gasteiger partial charge in [-0.3, -0.25) is 14.2 Å². The van der Waals surface area contributed by atoms with Crippen molar-refractivity contribution in [1.82, 2.24) is 24.5 Å². The molecule has 0 unspecified atom stereocenters. The molecule has 0 aliphatic carbocycles. The van der Waals surface area contributed by atoms with Gasteiger partial charge in [0.2, 0.25) is 5.91 Å². The fraction of sp³-hybridized carbons (Fsp3) is 0.217. The van der Waals surface area contributed by atoms with Crippen LogP contribution in [0.15, 0.2) is 59.7 Å².